The summed E-state index contributed by atoms with van der Waals surface area (Å²) in [7, 11) is 0. The summed E-state index contributed by atoms with van der Waals surface area (Å²) in [6.45, 7) is 1.39. The molecule has 6 aromatic rings. The van der Waals surface area contributed by atoms with E-state index < -0.39 is 41.7 Å². The van der Waals surface area contributed by atoms with Crippen molar-refractivity contribution >= 4 is 93.8 Å². The van der Waals surface area contributed by atoms with Gasteiger partial charge in [-0.2, -0.15) is 13.2 Å². The maximum absolute atomic E-state index is 13.9. The summed E-state index contributed by atoms with van der Waals surface area (Å²) >= 11 is 0. The zero-order chi connectivity index (χ0) is 52.5. The number of esters is 2. The van der Waals surface area contributed by atoms with E-state index in [2.05, 4.69) is 35.6 Å². The largest absolute Gasteiger partial charge is 0.425 e. The Morgan fingerprint density at radius 1 is 0.667 bits per heavy atom. The number of hydrogen-bond acceptors (Lipinski definition) is 11. The number of Topliss-reactive ketones (excluding diaryl/α,β-unsaturated/α-hetero) is 2. The van der Waals surface area contributed by atoms with Gasteiger partial charge in [-0.1, -0.05) is 6.07 Å². The molecule has 2 aliphatic carbocycles. The van der Waals surface area contributed by atoms with E-state index in [1.807, 2.05) is 12.1 Å². The second kappa shape index (κ2) is 20.6. The minimum Gasteiger partial charge on any atom is -0.425 e. The lowest BCUT2D eigenvalue weighted by atomic mass is 9.91. The average Bonchev–Trinajstić information content (AvgIpc) is 4.12. The van der Waals surface area contributed by atoms with Crippen molar-refractivity contribution in [3.8, 4) is 0 Å². The van der Waals surface area contributed by atoms with Gasteiger partial charge in [0.05, 0.1) is 28.1 Å². The lowest BCUT2D eigenvalue weighted by Gasteiger charge is -2.15. The molecule has 2 amide bonds. The molecule has 0 radical (unpaired) electrons. The maximum Gasteiger partial charge on any atom is 0.419 e. The van der Waals surface area contributed by atoms with Crippen LogP contribution in [-0.4, -0.2) is 69.0 Å². The number of aromatic amines is 2. The molecule has 2 aliphatic heterocycles. The molecule has 19 heteroatoms. The van der Waals surface area contributed by atoms with E-state index in [0.29, 0.717) is 123 Å². The Morgan fingerprint density at radius 2 is 1.16 bits per heavy atom. The van der Waals surface area contributed by atoms with Crippen molar-refractivity contribution in [1.82, 2.24) is 15.0 Å². The highest BCUT2D eigenvalue weighted by Crippen LogP contribution is 2.40. The molecule has 380 valence electrons. The predicted octanol–water partition coefficient (Wildman–Crippen LogP) is 10.4. The Balaban J connectivity index is 0.811. The number of nitrogens with one attached hydrogen (secondary N) is 4. The smallest absolute Gasteiger partial charge is 0.419 e. The van der Waals surface area contributed by atoms with Crippen LogP contribution >= 0.6 is 0 Å². The summed E-state index contributed by atoms with van der Waals surface area (Å²) < 4.78 is 64.9. The monoisotopic (exact) mass is 1020 g/mol. The zero-order valence-electron chi connectivity index (χ0n) is 40.1. The highest BCUT2D eigenvalue weighted by atomic mass is 19.4. The van der Waals surface area contributed by atoms with Crippen molar-refractivity contribution in [3.63, 3.8) is 0 Å². The number of hydrogen-bond donors (Lipinski definition) is 4. The average molecular weight is 1020 g/mol. The number of aromatic nitrogens is 3. The van der Waals surface area contributed by atoms with Gasteiger partial charge in [0.25, 0.3) is 11.8 Å². The van der Waals surface area contributed by atoms with Crippen LogP contribution < -0.4 is 10.6 Å². The maximum atomic E-state index is 13.9. The minimum absolute atomic E-state index is 0.00302. The summed E-state index contributed by atoms with van der Waals surface area (Å²) in [5.74, 6) is -3.88. The van der Waals surface area contributed by atoms with Gasteiger partial charge in [0.15, 0.2) is 11.6 Å². The van der Waals surface area contributed by atoms with Gasteiger partial charge < -0.3 is 30.1 Å². The number of benzene rings is 3. The van der Waals surface area contributed by atoms with Crippen molar-refractivity contribution < 1.29 is 55.8 Å². The SMILES string of the molecule is CC(OC(=O)CCc1c(C=C2C(=O)Nc3ccc(N=Cc4ccncc4)cc32)[nH]c2c1C(=O)CCC2)OC(=O)CCc1c(C=C2C(=O)Nc3ccc(N=Cc4ccc(F)c(C(F)(F)F)c4)cc32)[nH]c2c1C(=O)CCC2. The molecule has 5 heterocycles. The molecule has 10 rings (SSSR count). The molecule has 4 aliphatic rings. The Morgan fingerprint density at radius 3 is 1.65 bits per heavy atom. The number of nitrogens with zero attached hydrogens (tertiary/aromatic N) is 3. The van der Waals surface area contributed by atoms with Crippen LogP contribution in [0.4, 0.5) is 40.3 Å². The van der Waals surface area contributed by atoms with Crippen LogP contribution in [0.1, 0.15) is 128 Å². The normalized spacial score (nSPS) is 16.5. The number of carbonyl (C=O) groups excluding carboxylic acids is 6. The second-order valence-electron chi connectivity index (χ2n) is 18.4. The number of anilines is 2. The molecule has 3 aromatic heterocycles. The number of aryl methyl sites for hydroxylation is 2. The minimum atomic E-state index is -4.90. The predicted molar refractivity (Wildman–Crippen MR) is 270 cm³/mol. The lowest BCUT2D eigenvalue weighted by molar-refractivity contribution is -0.184. The van der Waals surface area contributed by atoms with E-state index in [1.54, 1.807) is 67.2 Å². The number of pyridine rings is 1. The second-order valence-corrected chi connectivity index (χ2v) is 18.4. The van der Waals surface area contributed by atoms with Crippen molar-refractivity contribution in [3.05, 3.63) is 158 Å². The van der Waals surface area contributed by atoms with E-state index in [0.717, 1.165) is 17.8 Å². The van der Waals surface area contributed by atoms with Crippen LogP contribution in [0.15, 0.2) is 89.1 Å². The number of carbonyl (C=O) groups is 6. The van der Waals surface area contributed by atoms with Crippen LogP contribution in [0.3, 0.4) is 0 Å². The zero-order valence-corrected chi connectivity index (χ0v) is 40.1. The molecule has 3 aromatic carbocycles. The van der Waals surface area contributed by atoms with E-state index in [1.165, 1.54) is 6.92 Å². The highest BCUT2D eigenvalue weighted by Gasteiger charge is 2.35. The number of fused-ring (bicyclic) bond motifs is 4. The number of halogens is 4. The molecule has 4 N–H and O–H groups in total. The van der Waals surface area contributed by atoms with Crippen molar-refractivity contribution in [2.24, 2.45) is 9.98 Å². The first-order valence-corrected chi connectivity index (χ1v) is 24.2. The van der Waals surface area contributed by atoms with Gasteiger partial charge in [0, 0.05) is 114 Å². The lowest BCUT2D eigenvalue weighted by Crippen LogP contribution is -2.22. The molecular formula is C56H45F4N7O8. The third kappa shape index (κ3) is 10.6. The summed E-state index contributed by atoms with van der Waals surface area (Å²) in [5, 5.41) is 5.66. The Hall–Kier alpha value is -8.87. The molecule has 0 saturated heterocycles. The van der Waals surface area contributed by atoms with Crippen molar-refractivity contribution in [2.75, 3.05) is 10.6 Å². The summed E-state index contributed by atoms with van der Waals surface area (Å²) in [6.07, 6.45) is 5.86. The fraction of sp³-hybridized carbons (Fsp3) is 0.232. The van der Waals surface area contributed by atoms with Gasteiger partial charge in [-0.3, -0.25) is 43.7 Å². The third-order valence-corrected chi connectivity index (χ3v) is 13.3. The molecule has 0 spiro atoms. The summed E-state index contributed by atoms with van der Waals surface area (Å²) in [5.41, 5.74) is 7.18. The van der Waals surface area contributed by atoms with Crippen molar-refractivity contribution in [2.45, 2.75) is 83.6 Å². The fourth-order valence-electron chi connectivity index (χ4n) is 9.79. The molecule has 0 saturated carbocycles. The number of aliphatic imine (C=N–C) groups is 2. The van der Waals surface area contributed by atoms with E-state index in [4.69, 9.17) is 9.47 Å². The standard InChI is InChI=1S/C56H45F4N7O8/c1-29(74-50(70)16-11-34-46(64-44-4-2-6-48(68)52(34)44)25-38-36-23-32(9-14-42(36)66-54(38)72)62-27-30-18-20-61-21-19-30)75-51(71)17-12-35-47(65-45-5-3-7-49(69)53(35)45)26-39-37-24-33(10-15-43(37)67-55(39)73)63-28-31-8-13-41(57)40(22-31)56(58,59)60/h8-10,13-15,18-29,64-65H,2-7,11-12,16-17H2,1H3,(H,66,72)(H,67,73). The first-order valence-electron chi connectivity index (χ1n) is 24.2. The first-order chi connectivity index (χ1) is 36.1. The first kappa shape index (κ1) is 49.7. The number of rotatable bonds is 14. The van der Waals surface area contributed by atoms with Gasteiger partial charge in [-0.15, -0.1) is 0 Å². The Kier molecular flexibility index (Phi) is 13.6. The van der Waals surface area contributed by atoms with Crippen LogP contribution in [0.25, 0.3) is 23.3 Å². The van der Waals surface area contributed by atoms with Gasteiger partial charge in [0.1, 0.15) is 5.82 Å². The highest BCUT2D eigenvalue weighted by molar-refractivity contribution is 6.36. The summed E-state index contributed by atoms with van der Waals surface area (Å²) in [4.78, 5) is 99.6. The number of ether oxygens (including phenoxy) is 2. The molecule has 0 fully saturated rings. The van der Waals surface area contributed by atoms with E-state index in [9.17, 15) is 46.3 Å². The molecular weight excluding hydrogens is 975 g/mol. The number of alkyl halides is 3. The van der Waals surface area contributed by atoms with Gasteiger partial charge in [-0.25, -0.2) is 4.39 Å². The van der Waals surface area contributed by atoms with Crippen LogP contribution in [0.5, 0.6) is 0 Å². The molecule has 15 nitrogen and oxygen atoms in total. The van der Waals surface area contributed by atoms with E-state index >= 15 is 0 Å². The fourth-order valence-corrected chi connectivity index (χ4v) is 9.79. The number of ketones is 2. The molecule has 75 heavy (non-hydrogen) atoms. The Bertz CT molecular complexity index is 3500. The molecule has 1 unspecified atom stereocenters. The van der Waals surface area contributed by atoms with Gasteiger partial charge in [0.2, 0.25) is 6.29 Å². The van der Waals surface area contributed by atoms with Crippen molar-refractivity contribution in [1.29, 1.82) is 0 Å². The van der Waals surface area contributed by atoms with Gasteiger partial charge >= 0.3 is 18.1 Å². The quantitative estimate of drug-likeness (QED) is 0.0268. The van der Waals surface area contributed by atoms with Gasteiger partial charge in [-0.05, 0) is 134 Å². The third-order valence-electron chi connectivity index (χ3n) is 13.3. The summed E-state index contributed by atoms with van der Waals surface area (Å²) in [6, 6.07) is 16.2. The molecule has 0 bridgehead atoms. The molecule has 1 atom stereocenters. The Labute approximate surface area is 425 Å². The number of amides is 2. The van der Waals surface area contributed by atoms with Crippen LogP contribution in [0.2, 0.25) is 0 Å². The van der Waals surface area contributed by atoms with Crippen LogP contribution in [0, 0.1) is 5.82 Å². The topological polar surface area (TPSA) is 214 Å². The number of H-pyrrole nitrogens is 2. The van der Waals surface area contributed by atoms with E-state index in [-0.39, 0.29) is 66.4 Å². The van der Waals surface area contributed by atoms with Crippen LogP contribution in [-0.2, 0) is 60.5 Å².